The summed E-state index contributed by atoms with van der Waals surface area (Å²) in [6.07, 6.45) is 5.41. The van der Waals surface area contributed by atoms with E-state index in [1.165, 1.54) is 28.7 Å². The van der Waals surface area contributed by atoms with Crippen molar-refractivity contribution >= 4 is 23.2 Å². The summed E-state index contributed by atoms with van der Waals surface area (Å²) in [6, 6.07) is 12.7. The van der Waals surface area contributed by atoms with Crippen LogP contribution in [0.15, 0.2) is 36.4 Å². The van der Waals surface area contributed by atoms with Crippen LogP contribution in [0.4, 0.5) is 0 Å². The van der Waals surface area contributed by atoms with Crippen LogP contribution in [-0.2, 0) is 25.7 Å². The molecule has 0 amide bonds. The molecule has 0 N–H and O–H groups in total. The molecule has 0 fully saturated rings. The van der Waals surface area contributed by atoms with Crippen molar-refractivity contribution < 1.29 is 0 Å². The van der Waals surface area contributed by atoms with Crippen LogP contribution < -0.4 is 0 Å². The summed E-state index contributed by atoms with van der Waals surface area (Å²) >= 11 is 12.1. The van der Waals surface area contributed by atoms with Crippen LogP contribution in [0.1, 0.15) is 84.1 Å². The summed E-state index contributed by atoms with van der Waals surface area (Å²) in [5.41, 5.74) is 5.15. The Labute approximate surface area is 179 Å². The van der Waals surface area contributed by atoms with Gasteiger partial charge in [0.25, 0.3) is 0 Å². The minimum absolute atomic E-state index is 0.909. The summed E-state index contributed by atoms with van der Waals surface area (Å²) in [4.78, 5) is 0. The molecular formula is C25H40Cl2. The van der Waals surface area contributed by atoms with Crippen LogP contribution in [-0.4, -0.2) is 0 Å². The molecule has 0 bridgehead atoms. The van der Waals surface area contributed by atoms with Crippen LogP contribution in [0.5, 0.6) is 0 Å². The third-order valence-electron chi connectivity index (χ3n) is 3.94. The molecule has 0 heterocycles. The van der Waals surface area contributed by atoms with E-state index >= 15 is 0 Å². The van der Waals surface area contributed by atoms with Gasteiger partial charge in [0.05, 0.1) is 0 Å². The fourth-order valence-electron chi connectivity index (χ4n) is 2.42. The third kappa shape index (κ3) is 11.5. The highest BCUT2D eigenvalue weighted by Gasteiger charge is 1.99. The number of hydrogen-bond donors (Lipinski definition) is 0. The Morgan fingerprint density at radius 1 is 0.593 bits per heavy atom. The van der Waals surface area contributed by atoms with Crippen LogP contribution in [0, 0.1) is 0 Å². The highest BCUT2D eigenvalue weighted by Crippen LogP contribution is 2.19. The normalized spacial score (nSPS) is 9.11. The zero-order chi connectivity index (χ0) is 21.2. The molecule has 0 aliphatic carbocycles. The van der Waals surface area contributed by atoms with Crippen molar-refractivity contribution in [3.63, 3.8) is 0 Å². The second-order valence-electron chi connectivity index (χ2n) is 5.66. The van der Waals surface area contributed by atoms with Gasteiger partial charge in [0.2, 0.25) is 0 Å². The van der Waals surface area contributed by atoms with Gasteiger partial charge in [-0.2, -0.15) is 0 Å². The lowest BCUT2D eigenvalue weighted by Gasteiger charge is -2.03. The van der Waals surface area contributed by atoms with Crippen LogP contribution in [0.2, 0.25) is 10.0 Å². The standard InChI is InChI=1S/C11H15Cl.C10H13Cl.2C2H6/c1-3-5-9-6-7-10(4-2)11(12)8-9;1-3-8-5-6-9(4-2)10(11)7-8;2*1-2/h6-8H,3-5H2,1-2H3;5-7H,3-4H2,1-2H3;2*1-2H3. The molecule has 2 aromatic carbocycles. The lowest BCUT2D eigenvalue weighted by Crippen LogP contribution is -1.86. The van der Waals surface area contributed by atoms with E-state index in [2.05, 4.69) is 64.1 Å². The van der Waals surface area contributed by atoms with Gasteiger partial charge in [0, 0.05) is 10.0 Å². The van der Waals surface area contributed by atoms with Gasteiger partial charge in [0.1, 0.15) is 0 Å². The molecule has 0 radical (unpaired) electrons. The average Bonchev–Trinajstić information content (AvgIpc) is 2.72. The predicted molar refractivity (Wildman–Crippen MR) is 128 cm³/mol. The fourth-order valence-corrected chi connectivity index (χ4v) is 3.09. The SMILES string of the molecule is CC.CC.CCCc1ccc(CC)c(Cl)c1.CCc1ccc(CC)c(Cl)c1. The number of rotatable bonds is 5. The topological polar surface area (TPSA) is 0 Å². The van der Waals surface area contributed by atoms with E-state index in [4.69, 9.17) is 23.2 Å². The number of hydrogen-bond acceptors (Lipinski definition) is 0. The molecule has 2 heteroatoms. The Balaban J connectivity index is 0. The molecule has 0 aliphatic heterocycles. The van der Waals surface area contributed by atoms with E-state index in [-0.39, 0.29) is 0 Å². The zero-order valence-electron chi connectivity index (χ0n) is 18.8. The zero-order valence-corrected chi connectivity index (χ0v) is 20.3. The number of benzene rings is 2. The Bertz CT molecular complexity index is 603. The van der Waals surface area contributed by atoms with Crippen molar-refractivity contribution in [2.24, 2.45) is 0 Å². The maximum atomic E-state index is 6.07. The van der Waals surface area contributed by atoms with Crippen molar-refractivity contribution in [1.82, 2.24) is 0 Å². The molecule has 0 nitrogen and oxygen atoms in total. The van der Waals surface area contributed by atoms with Gasteiger partial charge in [-0.05, 0) is 60.1 Å². The van der Waals surface area contributed by atoms with Crippen molar-refractivity contribution in [2.75, 3.05) is 0 Å². The summed E-state index contributed by atoms with van der Waals surface area (Å²) in [7, 11) is 0. The summed E-state index contributed by atoms with van der Waals surface area (Å²) in [5, 5.41) is 1.83. The van der Waals surface area contributed by atoms with E-state index in [0.717, 1.165) is 35.7 Å². The van der Waals surface area contributed by atoms with Gasteiger partial charge < -0.3 is 0 Å². The first-order chi connectivity index (χ1) is 13.0. The van der Waals surface area contributed by atoms with Crippen molar-refractivity contribution in [3.05, 3.63) is 68.7 Å². The Hall–Kier alpha value is -0.980. The first kappa shape index (κ1) is 28.2. The van der Waals surface area contributed by atoms with Gasteiger partial charge in [-0.1, -0.05) is 109 Å². The van der Waals surface area contributed by atoms with E-state index in [1.54, 1.807) is 0 Å². The number of halogens is 2. The van der Waals surface area contributed by atoms with E-state index in [0.29, 0.717) is 0 Å². The van der Waals surface area contributed by atoms with Crippen LogP contribution in [0.3, 0.4) is 0 Å². The molecule has 0 saturated carbocycles. The molecule has 0 spiro atoms. The monoisotopic (exact) mass is 410 g/mol. The predicted octanol–water partition coefficient (Wildman–Crippen LogP) is 9.37. The largest absolute Gasteiger partial charge is 0.0840 e. The molecule has 27 heavy (non-hydrogen) atoms. The summed E-state index contributed by atoms with van der Waals surface area (Å²) < 4.78 is 0. The fraction of sp³-hybridized carbons (Fsp3) is 0.520. The highest BCUT2D eigenvalue weighted by atomic mass is 35.5. The van der Waals surface area contributed by atoms with Gasteiger partial charge in [-0.15, -0.1) is 0 Å². The minimum atomic E-state index is 0.909. The lowest BCUT2D eigenvalue weighted by atomic mass is 10.1. The second kappa shape index (κ2) is 18.4. The quantitative estimate of drug-likeness (QED) is 0.460. The van der Waals surface area contributed by atoms with Gasteiger partial charge >= 0.3 is 0 Å². The maximum Gasteiger partial charge on any atom is 0.0440 e. The molecule has 2 aromatic rings. The molecule has 0 atom stereocenters. The smallest absolute Gasteiger partial charge is 0.0440 e. The van der Waals surface area contributed by atoms with Gasteiger partial charge in [-0.25, -0.2) is 0 Å². The van der Waals surface area contributed by atoms with Crippen LogP contribution in [0.25, 0.3) is 0 Å². The molecule has 0 saturated heterocycles. The molecule has 0 aromatic heterocycles. The Kier molecular flexibility index (Phi) is 19.2. The third-order valence-corrected chi connectivity index (χ3v) is 4.65. The molecule has 0 aliphatic rings. The maximum absolute atomic E-state index is 6.07. The first-order valence-corrected chi connectivity index (χ1v) is 11.4. The number of aryl methyl sites for hydroxylation is 4. The minimum Gasteiger partial charge on any atom is -0.0840 e. The second-order valence-corrected chi connectivity index (χ2v) is 6.48. The molecule has 0 unspecified atom stereocenters. The van der Waals surface area contributed by atoms with Crippen molar-refractivity contribution in [3.8, 4) is 0 Å². The molecule has 154 valence electrons. The molecular weight excluding hydrogens is 371 g/mol. The Morgan fingerprint density at radius 2 is 1.00 bits per heavy atom. The molecule has 2 rings (SSSR count). The Morgan fingerprint density at radius 3 is 1.33 bits per heavy atom. The van der Waals surface area contributed by atoms with Crippen molar-refractivity contribution in [1.29, 1.82) is 0 Å². The first-order valence-electron chi connectivity index (χ1n) is 10.6. The van der Waals surface area contributed by atoms with E-state index < -0.39 is 0 Å². The van der Waals surface area contributed by atoms with E-state index in [9.17, 15) is 0 Å². The highest BCUT2D eigenvalue weighted by molar-refractivity contribution is 6.31. The van der Waals surface area contributed by atoms with Crippen molar-refractivity contribution in [2.45, 2.75) is 87.5 Å². The van der Waals surface area contributed by atoms with Gasteiger partial charge in [-0.3, -0.25) is 0 Å². The summed E-state index contributed by atoms with van der Waals surface area (Å²) in [6.45, 7) is 16.6. The summed E-state index contributed by atoms with van der Waals surface area (Å²) in [5.74, 6) is 0. The lowest BCUT2D eigenvalue weighted by molar-refractivity contribution is 0.920. The van der Waals surface area contributed by atoms with E-state index in [1.807, 2.05) is 27.7 Å². The average molecular weight is 412 g/mol. The van der Waals surface area contributed by atoms with Crippen LogP contribution >= 0.6 is 23.2 Å². The van der Waals surface area contributed by atoms with Gasteiger partial charge in [0.15, 0.2) is 0 Å².